The van der Waals surface area contributed by atoms with E-state index in [2.05, 4.69) is 20.3 Å². The number of fused-ring (bicyclic) bond motifs is 2. The molecule has 15 nitrogen and oxygen atoms in total. The van der Waals surface area contributed by atoms with Crippen LogP contribution in [0.4, 0.5) is 18.0 Å². The average Bonchev–Trinajstić information content (AvgIpc) is 3.98. The third kappa shape index (κ3) is 10.6. The second-order valence-corrected chi connectivity index (χ2v) is 22.2. The molecule has 20 heteroatoms. The van der Waals surface area contributed by atoms with Gasteiger partial charge in [0.2, 0.25) is 27.4 Å². The molecule has 3 N–H and O–H groups in total. The standard InChI is InChI=1S/C46H57F3N6O9S2/c1-26(2)62-31-14-12-29(13-15-31)34-21-32(22-35(51-34)39-50-18-19-65-39)63-33-23-36-38(56)53-45(41(58)54-66(60,61)44(7)16-17-44)24-30(45)11-9-8-10-27(3)20-28(4)37(40(57)55(36)25-33)52-42(59)64-43(5,6)46(47,48)49/h9,11-15,18-19,21-22,26-28,30,33,36-37H,8,10,16-17,20,23-25H2,1-7H3,(H,52,59)(H,53,56)(H,54,58). The van der Waals surface area contributed by atoms with Crippen LogP contribution in [-0.4, -0.2) is 100 Å². The summed E-state index contributed by atoms with van der Waals surface area (Å²) >= 11 is 1.36. The van der Waals surface area contributed by atoms with Crippen LogP contribution in [0.15, 0.2) is 60.1 Å². The number of allylic oxidation sites excluding steroid dienone is 1. The second kappa shape index (κ2) is 18.4. The van der Waals surface area contributed by atoms with Crippen molar-refractivity contribution in [2.45, 2.75) is 140 Å². The van der Waals surface area contributed by atoms with Crippen molar-refractivity contribution in [2.24, 2.45) is 17.8 Å². The molecule has 3 aromatic rings. The van der Waals surface area contributed by atoms with E-state index < -0.39 is 85.9 Å². The summed E-state index contributed by atoms with van der Waals surface area (Å²) < 4.78 is 86.6. The highest BCUT2D eigenvalue weighted by Crippen LogP contribution is 2.48. The van der Waals surface area contributed by atoms with Crippen molar-refractivity contribution in [1.29, 1.82) is 0 Å². The van der Waals surface area contributed by atoms with Gasteiger partial charge in [0, 0.05) is 41.6 Å². The van der Waals surface area contributed by atoms with Crippen LogP contribution < -0.4 is 24.8 Å². The van der Waals surface area contributed by atoms with Gasteiger partial charge in [0.15, 0.2) is 0 Å². The Morgan fingerprint density at radius 2 is 1.73 bits per heavy atom. The number of sulfonamides is 1. The molecule has 4 aliphatic rings. The van der Waals surface area contributed by atoms with E-state index in [0.717, 1.165) is 5.56 Å². The fraction of sp³-hybridized carbons (Fsp3) is 0.565. The highest BCUT2D eigenvalue weighted by molar-refractivity contribution is 7.91. The van der Waals surface area contributed by atoms with Crippen LogP contribution in [0.3, 0.4) is 0 Å². The van der Waals surface area contributed by atoms with Crippen molar-refractivity contribution >= 4 is 45.2 Å². The highest BCUT2D eigenvalue weighted by Gasteiger charge is 2.63. The first kappa shape index (κ1) is 48.7. The van der Waals surface area contributed by atoms with Crippen molar-refractivity contribution in [3.63, 3.8) is 0 Å². The Kier molecular flexibility index (Phi) is 13.6. The number of carbonyl (C=O) groups is 4. The number of amides is 4. The lowest BCUT2D eigenvalue weighted by atomic mass is 9.88. The number of thiazole rings is 1. The zero-order chi connectivity index (χ0) is 48.0. The minimum absolute atomic E-state index is 0.0395. The number of ether oxygens (including phenoxy) is 3. The summed E-state index contributed by atoms with van der Waals surface area (Å²) in [7, 11) is -4.10. The number of hydrogen-bond donors (Lipinski definition) is 3. The summed E-state index contributed by atoms with van der Waals surface area (Å²) in [5.74, 6) is -2.75. The molecule has 7 rings (SSSR count). The molecule has 3 fully saturated rings. The minimum Gasteiger partial charge on any atom is -0.491 e. The van der Waals surface area contributed by atoms with Crippen LogP contribution in [0.5, 0.6) is 11.5 Å². The zero-order valence-corrected chi connectivity index (χ0v) is 39.6. The van der Waals surface area contributed by atoms with E-state index in [1.165, 1.54) is 16.2 Å². The Balaban J connectivity index is 1.24. The number of halogens is 3. The largest absolute Gasteiger partial charge is 0.491 e. The fourth-order valence-electron chi connectivity index (χ4n) is 8.39. The van der Waals surface area contributed by atoms with Gasteiger partial charge in [-0.2, -0.15) is 13.2 Å². The maximum atomic E-state index is 15.0. The molecule has 66 heavy (non-hydrogen) atoms. The monoisotopic (exact) mass is 958 g/mol. The van der Waals surface area contributed by atoms with Gasteiger partial charge in [0.1, 0.15) is 45.9 Å². The van der Waals surface area contributed by atoms with Crippen molar-refractivity contribution in [2.75, 3.05) is 6.54 Å². The molecular formula is C46H57F3N6O9S2. The average molecular weight is 959 g/mol. The topological polar surface area (TPSA) is 195 Å². The van der Waals surface area contributed by atoms with Gasteiger partial charge < -0.3 is 29.7 Å². The second-order valence-electron chi connectivity index (χ2n) is 19.1. The Labute approximate surface area is 386 Å². The van der Waals surface area contributed by atoms with Gasteiger partial charge in [-0.05, 0) is 109 Å². The number of alkyl halides is 3. The zero-order valence-electron chi connectivity index (χ0n) is 37.9. The number of rotatable bonds is 11. The van der Waals surface area contributed by atoms with E-state index in [9.17, 15) is 40.8 Å². The fourth-order valence-corrected chi connectivity index (χ4v) is 10.3. The Hall–Kier alpha value is -5.24. The summed E-state index contributed by atoms with van der Waals surface area (Å²) in [4.78, 5) is 67.5. The SMILES string of the molecule is CC1CCC=CC2CC2(C(=O)NS(=O)(=O)C2(C)CC2)NC(=O)C2CC(Oc3cc(-c4ccc(OC(C)C)cc4)nc(-c4nccs4)c3)CN2C(=O)C(NC(=O)OC(C)(C)C(F)(F)F)C(C)C1. The number of hydrogen-bond acceptors (Lipinski definition) is 12. The van der Waals surface area contributed by atoms with Gasteiger partial charge in [-0.15, -0.1) is 11.3 Å². The van der Waals surface area contributed by atoms with Crippen LogP contribution >= 0.6 is 11.3 Å². The van der Waals surface area contributed by atoms with Crippen molar-refractivity contribution in [1.82, 2.24) is 30.2 Å². The first-order chi connectivity index (χ1) is 30.9. The smallest absolute Gasteiger partial charge is 0.427 e. The summed E-state index contributed by atoms with van der Waals surface area (Å²) in [5.41, 5.74) is -2.82. The van der Waals surface area contributed by atoms with Gasteiger partial charge in [-0.1, -0.05) is 26.0 Å². The molecule has 2 aromatic heterocycles. The Morgan fingerprint density at radius 3 is 2.36 bits per heavy atom. The van der Waals surface area contributed by atoms with E-state index in [1.807, 2.05) is 51.1 Å². The molecule has 0 radical (unpaired) electrons. The Morgan fingerprint density at radius 1 is 1.03 bits per heavy atom. The van der Waals surface area contributed by atoms with Crippen molar-refractivity contribution in [3.05, 3.63) is 60.1 Å². The summed E-state index contributed by atoms with van der Waals surface area (Å²) in [6.07, 6.45) is 0.170. The number of carbonyl (C=O) groups excluding carboxylic acids is 4. The highest BCUT2D eigenvalue weighted by atomic mass is 32.2. The van der Waals surface area contributed by atoms with Gasteiger partial charge in [-0.3, -0.25) is 19.1 Å². The third-order valence-electron chi connectivity index (χ3n) is 12.8. The molecule has 1 aromatic carbocycles. The predicted molar refractivity (Wildman–Crippen MR) is 240 cm³/mol. The molecule has 0 bridgehead atoms. The van der Waals surface area contributed by atoms with Gasteiger partial charge in [-0.25, -0.2) is 23.2 Å². The molecule has 7 unspecified atom stereocenters. The molecule has 358 valence electrons. The van der Waals surface area contributed by atoms with E-state index in [4.69, 9.17) is 19.2 Å². The molecule has 2 aliphatic heterocycles. The first-order valence-corrected chi connectivity index (χ1v) is 24.5. The number of aromatic nitrogens is 2. The Bertz CT molecular complexity index is 2440. The summed E-state index contributed by atoms with van der Waals surface area (Å²) in [5, 5.41) is 7.64. The van der Waals surface area contributed by atoms with Gasteiger partial charge >= 0.3 is 12.3 Å². The third-order valence-corrected chi connectivity index (χ3v) is 15.8. The maximum Gasteiger partial charge on any atom is 0.427 e. The van der Waals surface area contributed by atoms with E-state index in [-0.39, 0.29) is 31.4 Å². The van der Waals surface area contributed by atoms with Crippen molar-refractivity contribution in [3.8, 4) is 33.5 Å². The number of benzene rings is 1. The van der Waals surface area contributed by atoms with Crippen LogP contribution in [0, 0.1) is 17.8 Å². The van der Waals surface area contributed by atoms with Crippen LogP contribution in [0.1, 0.15) is 93.4 Å². The van der Waals surface area contributed by atoms with E-state index in [1.54, 1.807) is 43.6 Å². The number of nitrogens with zero attached hydrogens (tertiary/aromatic N) is 3. The normalized spacial score (nSPS) is 26.8. The van der Waals surface area contributed by atoms with E-state index >= 15 is 0 Å². The molecule has 7 atom stereocenters. The predicted octanol–water partition coefficient (Wildman–Crippen LogP) is 7.33. The summed E-state index contributed by atoms with van der Waals surface area (Å²) in [6, 6.07) is 7.94. The number of nitrogens with one attached hydrogen (secondary N) is 3. The lowest BCUT2D eigenvalue weighted by molar-refractivity contribution is -0.244. The van der Waals surface area contributed by atoms with E-state index in [0.29, 0.717) is 73.8 Å². The van der Waals surface area contributed by atoms with Crippen LogP contribution in [-0.2, 0) is 29.1 Å². The lowest BCUT2D eigenvalue weighted by Crippen LogP contribution is -2.59. The molecule has 2 aliphatic carbocycles. The number of alkyl carbamates (subject to hydrolysis) is 1. The van der Waals surface area contributed by atoms with Gasteiger partial charge in [0.05, 0.1) is 23.1 Å². The molecule has 1 saturated heterocycles. The summed E-state index contributed by atoms with van der Waals surface area (Å²) in [6.45, 7) is 10.2. The lowest BCUT2D eigenvalue weighted by Gasteiger charge is -2.34. The molecule has 4 heterocycles. The maximum absolute atomic E-state index is 15.0. The quantitative estimate of drug-likeness (QED) is 0.163. The van der Waals surface area contributed by atoms with Crippen molar-refractivity contribution < 1.29 is 55.0 Å². The first-order valence-electron chi connectivity index (χ1n) is 22.2. The van der Waals surface area contributed by atoms with Crippen LogP contribution in [0.2, 0.25) is 0 Å². The molecule has 0 spiro atoms. The van der Waals surface area contributed by atoms with Gasteiger partial charge in [0.25, 0.3) is 5.91 Å². The number of pyridine rings is 1. The molecule has 4 amide bonds. The molecular weight excluding hydrogens is 902 g/mol. The minimum atomic E-state index is -4.93. The molecule has 2 saturated carbocycles. The van der Waals surface area contributed by atoms with Crippen LogP contribution in [0.25, 0.3) is 22.0 Å².